The Morgan fingerprint density at radius 3 is 1.67 bits per heavy atom. The van der Waals surface area contributed by atoms with Crippen LogP contribution in [0.1, 0.15) is 13.3 Å². The molecule has 40 valence electrons. The number of nitrogens with two attached hydrogens (primary N) is 2. The Labute approximate surface area is 55.3 Å². The molecule has 0 unspecified atom stereocenters. The third kappa shape index (κ3) is 8.82. The Bertz CT molecular complexity index is 22.8. The Balaban J connectivity index is 0. The van der Waals surface area contributed by atoms with Crippen LogP contribution in [-0.4, -0.2) is 6.17 Å². The first kappa shape index (κ1) is 9.82. The van der Waals surface area contributed by atoms with Gasteiger partial charge in [-0.2, -0.15) is 0 Å². The van der Waals surface area contributed by atoms with E-state index in [0.717, 1.165) is 6.42 Å². The van der Waals surface area contributed by atoms with Gasteiger partial charge in [-0.1, -0.05) is 6.92 Å². The summed E-state index contributed by atoms with van der Waals surface area (Å²) in [6.45, 7) is 1.95. The zero-order valence-electron chi connectivity index (χ0n) is 3.85. The van der Waals surface area contributed by atoms with Crippen molar-refractivity contribution in [2.45, 2.75) is 19.5 Å². The molecule has 0 spiro atoms. The minimum Gasteiger partial charge on any atom is -0.316 e. The molecule has 6 heavy (non-hydrogen) atoms. The molecule has 2 nitrogen and oxygen atoms in total. The molecule has 0 aliphatic carbocycles. The topological polar surface area (TPSA) is 52.0 Å². The van der Waals surface area contributed by atoms with Gasteiger partial charge in [-0.05, 0) is 6.42 Å². The highest BCUT2D eigenvalue weighted by Crippen LogP contribution is 1.68. The molecule has 0 aliphatic rings. The van der Waals surface area contributed by atoms with Gasteiger partial charge in [-0.15, -0.1) is 24.0 Å². The van der Waals surface area contributed by atoms with E-state index in [1.165, 1.54) is 0 Å². The lowest BCUT2D eigenvalue weighted by Gasteiger charge is -1.92. The van der Waals surface area contributed by atoms with Gasteiger partial charge in [0.15, 0.2) is 0 Å². The monoisotopic (exact) mass is 202 g/mol. The number of rotatable bonds is 1. The van der Waals surface area contributed by atoms with E-state index >= 15 is 0 Å². The van der Waals surface area contributed by atoms with Gasteiger partial charge in [0.2, 0.25) is 0 Å². The molecule has 3 heteroatoms. The van der Waals surface area contributed by atoms with Crippen molar-refractivity contribution < 1.29 is 0 Å². The second-order valence-corrected chi connectivity index (χ2v) is 1.07. The first-order valence-electron chi connectivity index (χ1n) is 1.78. The minimum atomic E-state index is -0.116. The van der Waals surface area contributed by atoms with Gasteiger partial charge in [-0.3, -0.25) is 0 Å². The van der Waals surface area contributed by atoms with E-state index in [2.05, 4.69) is 0 Å². The summed E-state index contributed by atoms with van der Waals surface area (Å²) in [6.07, 6.45) is 0.745. The van der Waals surface area contributed by atoms with Crippen LogP contribution < -0.4 is 11.5 Å². The molecule has 0 radical (unpaired) electrons. The lowest BCUT2D eigenvalue weighted by atomic mass is 10.4. The van der Waals surface area contributed by atoms with Crippen LogP contribution in [0, 0.1) is 0 Å². The summed E-state index contributed by atoms with van der Waals surface area (Å²) in [7, 11) is 0. The molecule has 0 heterocycles. The van der Waals surface area contributed by atoms with Crippen molar-refractivity contribution in [2.75, 3.05) is 0 Å². The van der Waals surface area contributed by atoms with Crippen molar-refractivity contribution >= 4 is 24.0 Å². The zero-order valence-corrected chi connectivity index (χ0v) is 6.18. The SMILES string of the molecule is CCC(N)N.I. The third-order valence-corrected chi connectivity index (χ3v) is 0.471. The Morgan fingerprint density at radius 1 is 1.50 bits per heavy atom. The predicted octanol–water partition coefficient (Wildman–Crippen LogP) is 0.258. The van der Waals surface area contributed by atoms with Crippen molar-refractivity contribution in [3.05, 3.63) is 0 Å². The van der Waals surface area contributed by atoms with E-state index in [1.807, 2.05) is 6.92 Å². The molecule has 0 bridgehead atoms. The van der Waals surface area contributed by atoms with Crippen LogP contribution in [0.25, 0.3) is 0 Å². The fourth-order valence-electron chi connectivity index (χ4n) is 0. The van der Waals surface area contributed by atoms with Crippen molar-refractivity contribution in [2.24, 2.45) is 11.5 Å². The molecule has 0 amide bonds. The van der Waals surface area contributed by atoms with E-state index in [0.29, 0.717) is 0 Å². The molecule has 0 rings (SSSR count). The van der Waals surface area contributed by atoms with Gasteiger partial charge >= 0.3 is 0 Å². The normalized spacial score (nSPS) is 8.00. The average molecular weight is 202 g/mol. The summed E-state index contributed by atoms with van der Waals surface area (Å²) < 4.78 is 0. The van der Waals surface area contributed by atoms with Crippen LogP contribution in [0.5, 0.6) is 0 Å². The molecule has 0 saturated heterocycles. The molecule has 4 N–H and O–H groups in total. The Morgan fingerprint density at radius 2 is 1.67 bits per heavy atom. The summed E-state index contributed by atoms with van der Waals surface area (Å²) in [5.74, 6) is 0. The van der Waals surface area contributed by atoms with E-state index in [1.54, 1.807) is 0 Å². The first-order valence-corrected chi connectivity index (χ1v) is 1.78. The fraction of sp³-hybridized carbons (Fsp3) is 1.00. The van der Waals surface area contributed by atoms with Crippen LogP contribution in [0.2, 0.25) is 0 Å². The van der Waals surface area contributed by atoms with E-state index in [9.17, 15) is 0 Å². The highest BCUT2D eigenvalue weighted by Gasteiger charge is 1.79. The molecular formula is C3H11IN2. The largest absolute Gasteiger partial charge is 0.316 e. The van der Waals surface area contributed by atoms with Crippen LogP contribution in [0.4, 0.5) is 0 Å². The lowest BCUT2D eigenvalue weighted by Crippen LogP contribution is -2.28. The van der Waals surface area contributed by atoms with Gasteiger partial charge < -0.3 is 11.5 Å². The maximum atomic E-state index is 5.07. The van der Waals surface area contributed by atoms with E-state index in [4.69, 9.17) is 11.5 Å². The Kier molecular flexibility index (Phi) is 9.25. The van der Waals surface area contributed by atoms with Crippen LogP contribution in [0.3, 0.4) is 0 Å². The van der Waals surface area contributed by atoms with Gasteiger partial charge in [0, 0.05) is 0 Å². The highest BCUT2D eigenvalue weighted by molar-refractivity contribution is 14.0. The minimum absolute atomic E-state index is 0. The summed E-state index contributed by atoms with van der Waals surface area (Å²) >= 11 is 0. The second-order valence-electron chi connectivity index (χ2n) is 1.07. The molecule has 0 atom stereocenters. The van der Waals surface area contributed by atoms with Gasteiger partial charge in [0.1, 0.15) is 0 Å². The number of hydrogen-bond acceptors (Lipinski definition) is 2. The maximum Gasteiger partial charge on any atom is 0.0518 e. The number of hydrogen-bond donors (Lipinski definition) is 2. The molecule has 0 saturated carbocycles. The van der Waals surface area contributed by atoms with Crippen LogP contribution in [-0.2, 0) is 0 Å². The van der Waals surface area contributed by atoms with Crippen molar-refractivity contribution in [3.8, 4) is 0 Å². The highest BCUT2D eigenvalue weighted by atomic mass is 127. The lowest BCUT2D eigenvalue weighted by molar-refractivity contribution is 0.682. The molecule has 0 aromatic heterocycles. The van der Waals surface area contributed by atoms with Crippen molar-refractivity contribution in [1.82, 2.24) is 0 Å². The summed E-state index contributed by atoms with van der Waals surface area (Å²) in [4.78, 5) is 0. The summed E-state index contributed by atoms with van der Waals surface area (Å²) in [5, 5.41) is 0. The molecule has 0 aromatic rings. The van der Waals surface area contributed by atoms with Crippen molar-refractivity contribution in [1.29, 1.82) is 0 Å². The maximum absolute atomic E-state index is 5.07. The second kappa shape index (κ2) is 5.65. The van der Waals surface area contributed by atoms with Gasteiger partial charge in [-0.25, -0.2) is 0 Å². The first-order chi connectivity index (χ1) is 2.27. The molecule has 0 aliphatic heterocycles. The van der Waals surface area contributed by atoms with E-state index in [-0.39, 0.29) is 30.1 Å². The quantitative estimate of drug-likeness (QED) is 0.473. The molecular weight excluding hydrogens is 191 g/mol. The Hall–Kier alpha value is 0.650. The summed E-state index contributed by atoms with van der Waals surface area (Å²) in [5.41, 5.74) is 10.1. The van der Waals surface area contributed by atoms with Crippen LogP contribution in [0.15, 0.2) is 0 Å². The molecule has 0 aromatic carbocycles. The fourth-order valence-corrected chi connectivity index (χ4v) is 0. The third-order valence-electron chi connectivity index (χ3n) is 0.471. The average Bonchev–Trinajstić information content (AvgIpc) is 1.38. The summed E-state index contributed by atoms with van der Waals surface area (Å²) in [6, 6.07) is 0. The zero-order chi connectivity index (χ0) is 4.28. The molecule has 0 fully saturated rings. The van der Waals surface area contributed by atoms with Crippen LogP contribution >= 0.6 is 24.0 Å². The smallest absolute Gasteiger partial charge is 0.0518 e. The van der Waals surface area contributed by atoms with Crippen molar-refractivity contribution in [3.63, 3.8) is 0 Å². The standard InChI is InChI=1S/C3H10N2.HI/c1-2-3(4)5;/h3H,2,4-5H2,1H3;1H. The number of halogens is 1. The van der Waals surface area contributed by atoms with E-state index < -0.39 is 0 Å². The van der Waals surface area contributed by atoms with Gasteiger partial charge in [0.25, 0.3) is 0 Å². The predicted molar refractivity (Wildman–Crippen MR) is 37.9 cm³/mol. The van der Waals surface area contributed by atoms with Gasteiger partial charge in [0.05, 0.1) is 6.17 Å².